The van der Waals surface area contributed by atoms with Crippen molar-refractivity contribution < 1.29 is 0 Å². The molecule has 8 aromatic carbocycles. The van der Waals surface area contributed by atoms with Gasteiger partial charge in [0.15, 0.2) is 0 Å². The van der Waals surface area contributed by atoms with Gasteiger partial charge in [-0.05, 0) is 86.3 Å². The van der Waals surface area contributed by atoms with Crippen LogP contribution in [0.25, 0.3) is 83.3 Å². The first-order chi connectivity index (χ1) is 29.8. The summed E-state index contributed by atoms with van der Waals surface area (Å²) in [6, 6.07) is 78.9. The molecule has 60 heavy (non-hydrogen) atoms. The summed E-state index contributed by atoms with van der Waals surface area (Å²) < 4.78 is 2.19. The van der Waals surface area contributed by atoms with E-state index in [4.69, 9.17) is 9.97 Å². The number of hydrogen-bond donors (Lipinski definition) is 0. The van der Waals surface area contributed by atoms with Crippen LogP contribution in [0.5, 0.6) is 0 Å². The fourth-order valence-corrected chi connectivity index (χ4v) is 9.84. The lowest BCUT2D eigenvalue weighted by atomic mass is 9.67. The predicted molar refractivity (Wildman–Crippen MR) is 247 cm³/mol. The molecule has 3 heteroatoms. The van der Waals surface area contributed by atoms with Crippen molar-refractivity contribution in [3.8, 4) is 56.0 Å². The minimum Gasteiger partial charge on any atom is -0.299 e. The van der Waals surface area contributed by atoms with Gasteiger partial charge in [0.05, 0.1) is 28.0 Å². The molecule has 0 aliphatic heterocycles. The number of hydrogen-bond acceptors (Lipinski definition) is 2. The third kappa shape index (κ3) is 5.16. The molecule has 0 spiro atoms. The average Bonchev–Trinajstić information content (AvgIpc) is 3.86. The van der Waals surface area contributed by atoms with Crippen molar-refractivity contribution in [2.45, 2.75) is 5.41 Å². The van der Waals surface area contributed by atoms with E-state index < -0.39 is 5.41 Å². The highest BCUT2D eigenvalue weighted by atomic mass is 15.0. The SMILES string of the molecule is c1ccc(-c2nc3ccccn3c2-c2ccc(-c3cccc(-c4nc5ccccc5c5cc6c(cc45)-c4ccccc4C6(c4ccccc4)c4ccccc4)c3)cc2)cc1. The minimum absolute atomic E-state index is 0.482. The molecule has 0 saturated carbocycles. The van der Waals surface area contributed by atoms with Crippen LogP contribution < -0.4 is 0 Å². The largest absolute Gasteiger partial charge is 0.299 e. The second kappa shape index (κ2) is 13.6. The molecular weight excluding hydrogens is 727 g/mol. The third-order valence-corrected chi connectivity index (χ3v) is 12.5. The van der Waals surface area contributed by atoms with Gasteiger partial charge in [0, 0.05) is 33.7 Å². The molecule has 0 saturated heterocycles. The Morgan fingerprint density at radius 1 is 0.350 bits per heavy atom. The number of imidazole rings is 1. The van der Waals surface area contributed by atoms with Gasteiger partial charge < -0.3 is 0 Å². The number of fused-ring (bicyclic) bond motifs is 7. The van der Waals surface area contributed by atoms with Gasteiger partial charge in [-0.3, -0.25) is 4.40 Å². The second-order valence-corrected chi connectivity index (χ2v) is 15.7. The average molecular weight is 764 g/mol. The van der Waals surface area contributed by atoms with Gasteiger partial charge in [-0.25, -0.2) is 9.97 Å². The van der Waals surface area contributed by atoms with Crippen molar-refractivity contribution in [2.75, 3.05) is 0 Å². The van der Waals surface area contributed by atoms with Crippen LogP contribution in [0.2, 0.25) is 0 Å². The highest BCUT2D eigenvalue weighted by Gasteiger charge is 2.46. The van der Waals surface area contributed by atoms with E-state index >= 15 is 0 Å². The van der Waals surface area contributed by atoms with Gasteiger partial charge >= 0.3 is 0 Å². The summed E-state index contributed by atoms with van der Waals surface area (Å²) in [5.74, 6) is 0. The minimum atomic E-state index is -0.482. The first-order valence-electron chi connectivity index (χ1n) is 20.6. The Bertz CT molecular complexity index is 3360. The molecule has 280 valence electrons. The van der Waals surface area contributed by atoms with Crippen molar-refractivity contribution in [3.63, 3.8) is 0 Å². The summed E-state index contributed by atoms with van der Waals surface area (Å²) in [6.07, 6.45) is 2.10. The predicted octanol–water partition coefficient (Wildman–Crippen LogP) is 14.1. The third-order valence-electron chi connectivity index (χ3n) is 12.5. The van der Waals surface area contributed by atoms with Crippen LogP contribution in [0.15, 0.2) is 225 Å². The van der Waals surface area contributed by atoms with Crippen LogP contribution >= 0.6 is 0 Å². The molecule has 3 aromatic heterocycles. The topological polar surface area (TPSA) is 30.2 Å². The number of benzene rings is 8. The Hall–Kier alpha value is -7.88. The van der Waals surface area contributed by atoms with Crippen LogP contribution in [0, 0.1) is 0 Å². The summed E-state index contributed by atoms with van der Waals surface area (Å²) in [6.45, 7) is 0. The number of nitrogens with zero attached hydrogens (tertiary/aromatic N) is 3. The summed E-state index contributed by atoms with van der Waals surface area (Å²) in [4.78, 5) is 10.5. The Labute approximate surface area is 348 Å². The van der Waals surface area contributed by atoms with E-state index in [-0.39, 0.29) is 0 Å². The smallest absolute Gasteiger partial charge is 0.137 e. The highest BCUT2D eigenvalue weighted by molar-refractivity contribution is 6.13. The summed E-state index contributed by atoms with van der Waals surface area (Å²) in [5.41, 5.74) is 17.7. The normalized spacial score (nSPS) is 12.8. The van der Waals surface area contributed by atoms with E-state index in [0.29, 0.717) is 0 Å². The molecule has 12 rings (SSSR count). The number of aromatic nitrogens is 3. The molecule has 0 unspecified atom stereocenters. The van der Waals surface area contributed by atoms with Gasteiger partial charge in [-0.15, -0.1) is 0 Å². The van der Waals surface area contributed by atoms with Crippen molar-refractivity contribution in [2.24, 2.45) is 0 Å². The van der Waals surface area contributed by atoms with Crippen LogP contribution in [0.4, 0.5) is 0 Å². The summed E-state index contributed by atoms with van der Waals surface area (Å²) in [7, 11) is 0. The molecule has 0 amide bonds. The van der Waals surface area contributed by atoms with E-state index in [1.807, 2.05) is 12.1 Å². The van der Waals surface area contributed by atoms with Gasteiger partial charge in [0.25, 0.3) is 0 Å². The molecule has 1 aliphatic carbocycles. The lowest BCUT2D eigenvalue weighted by Crippen LogP contribution is -2.28. The molecule has 3 nitrogen and oxygen atoms in total. The van der Waals surface area contributed by atoms with E-state index in [2.05, 4.69) is 217 Å². The fraction of sp³-hybridized carbons (Fsp3) is 0.0175. The Morgan fingerprint density at radius 2 is 0.983 bits per heavy atom. The molecule has 0 radical (unpaired) electrons. The Balaban J connectivity index is 1.03. The second-order valence-electron chi connectivity index (χ2n) is 15.7. The van der Waals surface area contributed by atoms with Gasteiger partial charge in [0.1, 0.15) is 5.65 Å². The van der Waals surface area contributed by atoms with E-state index in [1.54, 1.807) is 0 Å². The van der Waals surface area contributed by atoms with Gasteiger partial charge in [0.2, 0.25) is 0 Å². The maximum absolute atomic E-state index is 5.45. The zero-order chi connectivity index (χ0) is 39.6. The molecule has 3 heterocycles. The van der Waals surface area contributed by atoms with E-state index in [0.717, 1.165) is 66.8 Å². The maximum Gasteiger partial charge on any atom is 0.137 e. The standard InChI is InChI=1S/C57H37N3/c1-4-17-39(18-5-1)55-56(60-34-15-14-29-53(60)59-55)40-32-30-38(31-33-40)41-19-16-20-42(35-41)54-49-36-48-45-25-10-12-27-50(45)57(43-21-6-2-7-22-43,44-23-8-3-9-24-44)51(48)37-47(49)46-26-11-13-28-52(46)58-54/h1-37H. The molecule has 0 bridgehead atoms. The van der Waals surface area contributed by atoms with Crippen LogP contribution in [-0.4, -0.2) is 14.4 Å². The van der Waals surface area contributed by atoms with Crippen LogP contribution in [-0.2, 0) is 5.41 Å². The first-order valence-corrected chi connectivity index (χ1v) is 20.6. The van der Waals surface area contributed by atoms with Crippen molar-refractivity contribution in [1.82, 2.24) is 14.4 Å². The van der Waals surface area contributed by atoms with Crippen LogP contribution in [0.1, 0.15) is 22.3 Å². The summed E-state index contributed by atoms with van der Waals surface area (Å²) >= 11 is 0. The molecular formula is C57H37N3. The highest BCUT2D eigenvalue weighted by Crippen LogP contribution is 2.57. The fourth-order valence-electron chi connectivity index (χ4n) is 9.84. The lowest BCUT2D eigenvalue weighted by Gasteiger charge is -2.34. The number of rotatable bonds is 6. The molecule has 0 fully saturated rings. The monoisotopic (exact) mass is 763 g/mol. The number of pyridine rings is 2. The first kappa shape index (κ1) is 34.2. The maximum atomic E-state index is 5.45. The zero-order valence-electron chi connectivity index (χ0n) is 32.7. The molecule has 11 aromatic rings. The summed E-state index contributed by atoms with van der Waals surface area (Å²) in [5, 5.41) is 3.50. The Morgan fingerprint density at radius 3 is 1.77 bits per heavy atom. The quantitative estimate of drug-likeness (QED) is 0.158. The zero-order valence-corrected chi connectivity index (χ0v) is 32.7. The van der Waals surface area contributed by atoms with Crippen molar-refractivity contribution in [1.29, 1.82) is 0 Å². The van der Waals surface area contributed by atoms with Gasteiger partial charge in [-0.2, -0.15) is 0 Å². The Kier molecular flexibility index (Phi) is 7.76. The lowest BCUT2D eigenvalue weighted by molar-refractivity contribution is 0.769. The number of para-hydroxylation sites is 1. The molecule has 0 atom stereocenters. The van der Waals surface area contributed by atoms with Crippen molar-refractivity contribution >= 4 is 27.3 Å². The van der Waals surface area contributed by atoms with Crippen molar-refractivity contribution in [3.05, 3.63) is 247 Å². The van der Waals surface area contributed by atoms with Crippen LogP contribution in [0.3, 0.4) is 0 Å². The van der Waals surface area contributed by atoms with E-state index in [1.165, 1.54) is 38.8 Å². The molecule has 1 aliphatic rings. The molecule has 0 N–H and O–H groups in total. The van der Waals surface area contributed by atoms with Gasteiger partial charge in [-0.1, -0.05) is 182 Å². The van der Waals surface area contributed by atoms with E-state index in [9.17, 15) is 0 Å².